The first-order chi connectivity index (χ1) is 28.2. The van der Waals surface area contributed by atoms with Gasteiger partial charge in [0, 0.05) is 48.9 Å². The summed E-state index contributed by atoms with van der Waals surface area (Å²) >= 11 is 0. The maximum atomic E-state index is 13.2. The lowest BCUT2D eigenvalue weighted by molar-refractivity contribution is -0.891. The third-order valence-electron chi connectivity index (χ3n) is 13.9. The number of carbonyl (C=O) groups excluding carboxylic acids is 1. The normalized spacial score (nSPS) is 33.5. The van der Waals surface area contributed by atoms with Crippen LogP contribution < -0.4 is 25.4 Å². The number of ketones is 1. The molecule has 1 unspecified atom stereocenters. The summed E-state index contributed by atoms with van der Waals surface area (Å²) in [6, 6.07) is 9.78. The number of quaternary nitrogens is 1. The number of aliphatic hydroxyl groups is 3. The van der Waals surface area contributed by atoms with Gasteiger partial charge in [-0.15, -0.1) is 0 Å². The minimum atomic E-state index is -1.05. The minimum Gasteiger partial charge on any atom is -0.437 e. The second-order valence-corrected chi connectivity index (χ2v) is 17.6. The fourth-order valence-electron chi connectivity index (χ4n) is 10.8. The number of fused-ring (bicyclic) bond motifs is 6. The number of rotatable bonds is 6. The quantitative estimate of drug-likeness (QED) is 0.191. The lowest BCUT2D eigenvalue weighted by atomic mass is 9.71. The Morgan fingerprint density at radius 1 is 1.07 bits per heavy atom. The van der Waals surface area contributed by atoms with Gasteiger partial charge in [0.25, 0.3) is 6.23 Å². The number of nitrogens with two attached hydrogens (primary N) is 1. The third-order valence-corrected chi connectivity index (χ3v) is 13.9. The molecule has 0 amide bonds. The number of nitrogens with zero attached hydrogens (tertiary/aromatic N) is 1. The second-order valence-electron chi connectivity index (χ2n) is 17.6. The standard InChI is InChI=1S/C48H50N4O6/c1-27-4-9-32(40(55)20-27)41(56)22-30(53)8-5-28-6-15-42-43(21-28)58-47-37(48(18-19-57-42)16-2-3-17-48)13-14-39(54)33-11-12-34-44-29(23-51-46(34)49)7-10-31(45(33)44)35-24-50-38-26-52(47)25-36(35)38/h4,6-7,9-12,15,21,24,26-27,29,31-32,37,39-41,46-47,51,54-56H,2-3,5,8,16-17,20,22-23,25,49H2,1H3/p+1/t27-,29-,31+,32+,37+,39+,40+,41-,46+,47-/m0/s1. The van der Waals surface area contributed by atoms with Gasteiger partial charge in [-0.1, -0.05) is 80.0 Å². The molecule has 1 spiro atoms. The average molecular weight is 780 g/mol. The molecule has 0 saturated heterocycles. The van der Waals surface area contributed by atoms with Crippen molar-refractivity contribution >= 4 is 12.0 Å². The Labute approximate surface area is 339 Å². The van der Waals surface area contributed by atoms with E-state index in [-0.39, 0.29) is 42.5 Å². The van der Waals surface area contributed by atoms with Crippen molar-refractivity contribution in [3.63, 3.8) is 0 Å². The zero-order valence-electron chi connectivity index (χ0n) is 32.8. The molecule has 2 bridgehead atoms. The summed E-state index contributed by atoms with van der Waals surface area (Å²) in [5.41, 5.74) is 14.3. The second kappa shape index (κ2) is 14.8. The maximum Gasteiger partial charge on any atom is 0.252 e. The van der Waals surface area contributed by atoms with Gasteiger partial charge in [0.05, 0.1) is 23.8 Å². The van der Waals surface area contributed by atoms with Crippen LogP contribution in [0.4, 0.5) is 0 Å². The van der Waals surface area contributed by atoms with Crippen molar-refractivity contribution in [3.8, 4) is 35.4 Å². The van der Waals surface area contributed by atoms with Crippen molar-refractivity contribution < 1.29 is 34.5 Å². The highest BCUT2D eigenvalue weighted by molar-refractivity contribution is 5.90. The van der Waals surface area contributed by atoms with Crippen molar-refractivity contribution in [1.82, 2.24) is 5.32 Å². The maximum absolute atomic E-state index is 13.2. The van der Waals surface area contributed by atoms with Gasteiger partial charge in [0.15, 0.2) is 11.5 Å². The number of allylic oxidation sites excluding steroid dienone is 3. The molecule has 10 nitrogen and oxygen atoms in total. The van der Waals surface area contributed by atoms with Crippen LogP contribution in [-0.2, 0) is 11.2 Å². The van der Waals surface area contributed by atoms with Gasteiger partial charge in [-0.25, -0.2) is 0 Å². The van der Waals surface area contributed by atoms with Gasteiger partial charge in [-0.3, -0.25) is 20.0 Å². The first-order valence-corrected chi connectivity index (χ1v) is 21.1. The van der Waals surface area contributed by atoms with Gasteiger partial charge in [-0.05, 0) is 77.1 Å². The summed E-state index contributed by atoms with van der Waals surface area (Å²) < 4.78 is 13.3. The van der Waals surface area contributed by atoms with E-state index < -0.39 is 41.8 Å². The summed E-state index contributed by atoms with van der Waals surface area (Å²) in [7, 11) is 0. The molecule has 298 valence electrons. The van der Waals surface area contributed by atoms with Crippen molar-refractivity contribution in [2.24, 2.45) is 33.9 Å². The fraction of sp³-hybridized carbons (Fsp3) is 0.458. The molecule has 2 aromatic rings. The first kappa shape index (κ1) is 37.5. The number of aliphatic hydroxyl groups excluding tert-OH is 3. The Kier molecular flexibility index (Phi) is 9.56. The molecule has 3 aliphatic carbocycles. The molecule has 8 aliphatic rings. The van der Waals surface area contributed by atoms with E-state index in [1.54, 1.807) is 0 Å². The number of nitrogens with one attached hydrogen (secondary N) is 2. The zero-order chi connectivity index (χ0) is 39.7. The number of carbonyl (C=O) groups is 1. The van der Waals surface area contributed by atoms with Crippen LogP contribution in [0.3, 0.4) is 0 Å². The number of aryl methyl sites for hydroxylation is 1. The molecule has 7 N–H and O–H groups in total. The zero-order valence-corrected chi connectivity index (χ0v) is 32.8. The third kappa shape index (κ3) is 6.48. The molecule has 10 heteroatoms. The molecule has 58 heavy (non-hydrogen) atoms. The molecule has 10 rings (SSSR count). The summed E-state index contributed by atoms with van der Waals surface area (Å²) in [5.74, 6) is 10.9. The molecule has 11 atom stereocenters. The smallest absolute Gasteiger partial charge is 0.252 e. The topological polar surface area (TPSA) is 151 Å². The molecule has 0 radical (unpaired) electrons. The van der Waals surface area contributed by atoms with E-state index in [4.69, 9.17) is 20.2 Å². The van der Waals surface area contributed by atoms with Gasteiger partial charge in [0.1, 0.15) is 42.4 Å². The van der Waals surface area contributed by atoms with E-state index in [1.807, 2.05) is 49.6 Å². The van der Waals surface area contributed by atoms with Gasteiger partial charge < -0.3 is 30.5 Å². The van der Waals surface area contributed by atoms with Crippen LogP contribution in [0, 0.1) is 47.0 Å². The average Bonchev–Trinajstić information content (AvgIpc) is 3.96. The summed E-state index contributed by atoms with van der Waals surface area (Å²) in [6.07, 6.45) is 17.1. The van der Waals surface area contributed by atoms with E-state index in [9.17, 15) is 20.1 Å². The SMILES string of the molecule is C[C@H]1C=C[C@@H]([C@@H](O)CC(=O)CCc2ccc3c(c2)O[C@H]2[C@@H](C#C[C@@H](O)c4ccc5c6c4[C@H](C=C[C@H]6CN[C@H]5N)C4=C5C[NH+]2C=C5N=C4)C2(C#CO3)CCCC2)[C@H](O)C1. The van der Waals surface area contributed by atoms with E-state index in [0.717, 1.165) is 70.7 Å². The van der Waals surface area contributed by atoms with Gasteiger partial charge >= 0.3 is 0 Å². The molecular weight excluding hydrogens is 729 g/mol. The lowest BCUT2D eigenvalue weighted by Crippen LogP contribution is -3.12. The van der Waals surface area contributed by atoms with Crippen molar-refractivity contribution in [3.05, 3.63) is 105 Å². The van der Waals surface area contributed by atoms with Crippen LogP contribution in [0.15, 0.2) is 82.7 Å². The number of Topliss-reactive ketones (excluding diaryl/α,β-unsaturated/α-hetero) is 1. The molecular formula is C48H51N4O6+. The first-order valence-electron chi connectivity index (χ1n) is 21.1. The Hall–Kier alpha value is -4.78. The van der Waals surface area contributed by atoms with E-state index in [0.29, 0.717) is 30.9 Å². The highest BCUT2D eigenvalue weighted by atomic mass is 16.5. The Morgan fingerprint density at radius 3 is 2.76 bits per heavy atom. The predicted octanol–water partition coefficient (Wildman–Crippen LogP) is 3.92. The summed E-state index contributed by atoms with van der Waals surface area (Å²) in [5, 5.41) is 37.0. The summed E-state index contributed by atoms with van der Waals surface area (Å²) in [6.45, 7) is 3.41. The number of hydrogen-bond donors (Lipinski definition) is 6. The predicted molar refractivity (Wildman–Crippen MR) is 218 cm³/mol. The monoisotopic (exact) mass is 779 g/mol. The Balaban J connectivity index is 1.01. The number of ether oxygens (including phenoxy) is 2. The van der Waals surface area contributed by atoms with Crippen molar-refractivity contribution in [2.45, 2.75) is 101 Å². The Bertz CT molecular complexity index is 2330. The highest BCUT2D eigenvalue weighted by Crippen LogP contribution is 2.49. The minimum absolute atomic E-state index is 0.0147. The van der Waals surface area contributed by atoms with Crippen LogP contribution in [0.1, 0.15) is 104 Å². The fourth-order valence-corrected chi connectivity index (χ4v) is 10.8. The van der Waals surface area contributed by atoms with Crippen LogP contribution in [0.25, 0.3) is 0 Å². The highest BCUT2D eigenvalue weighted by Gasteiger charge is 2.51. The lowest BCUT2D eigenvalue weighted by Gasteiger charge is -2.38. The van der Waals surface area contributed by atoms with Crippen LogP contribution in [0.5, 0.6) is 11.5 Å². The number of aliphatic imine (C=N–C) groups is 1. The van der Waals surface area contributed by atoms with Crippen molar-refractivity contribution in [2.75, 3.05) is 13.1 Å². The molecule has 1 saturated carbocycles. The molecule has 0 aromatic heterocycles. The van der Waals surface area contributed by atoms with Crippen LogP contribution in [-0.4, -0.2) is 58.8 Å². The van der Waals surface area contributed by atoms with Crippen LogP contribution in [0.2, 0.25) is 0 Å². The Morgan fingerprint density at radius 2 is 1.91 bits per heavy atom. The van der Waals surface area contributed by atoms with E-state index >= 15 is 0 Å². The summed E-state index contributed by atoms with van der Waals surface area (Å²) in [4.78, 5) is 19.2. The number of benzene rings is 2. The molecule has 1 fully saturated rings. The van der Waals surface area contributed by atoms with Crippen molar-refractivity contribution in [1.29, 1.82) is 0 Å². The molecule has 2 aromatic carbocycles. The molecule has 5 aliphatic heterocycles. The van der Waals surface area contributed by atoms with Gasteiger partial charge in [0.2, 0.25) is 0 Å². The largest absolute Gasteiger partial charge is 0.437 e. The molecule has 5 heterocycles. The van der Waals surface area contributed by atoms with E-state index in [1.165, 1.54) is 11.1 Å². The van der Waals surface area contributed by atoms with E-state index in [2.05, 4.69) is 53.6 Å². The van der Waals surface area contributed by atoms with Gasteiger partial charge in [-0.2, -0.15) is 0 Å². The number of hydrogen-bond acceptors (Lipinski definition) is 9. The van der Waals surface area contributed by atoms with Crippen LogP contribution >= 0.6 is 0 Å².